The number of benzene rings is 2. The lowest BCUT2D eigenvalue weighted by Gasteiger charge is -2.17. The third-order valence-electron chi connectivity index (χ3n) is 4.95. The van der Waals surface area contributed by atoms with Gasteiger partial charge in [-0.25, -0.2) is 13.8 Å². The van der Waals surface area contributed by atoms with Crippen LogP contribution in [-0.4, -0.2) is 43.5 Å². The zero-order valence-corrected chi connectivity index (χ0v) is 18.9. The SMILES string of the molecule is CCC(COCCc1ccccc1)S(=O)(=O)NNCCc1ccc(O)c2[nH]c(=O)sc12. The van der Waals surface area contributed by atoms with Crippen molar-refractivity contribution in [1.82, 2.24) is 15.2 Å². The normalized spacial score (nSPS) is 12.9. The van der Waals surface area contributed by atoms with Crippen molar-refractivity contribution in [1.29, 1.82) is 0 Å². The van der Waals surface area contributed by atoms with E-state index in [-0.39, 0.29) is 17.2 Å². The summed E-state index contributed by atoms with van der Waals surface area (Å²) in [5.41, 5.74) is 5.15. The van der Waals surface area contributed by atoms with Crippen LogP contribution in [0.4, 0.5) is 0 Å². The molecule has 8 nitrogen and oxygen atoms in total. The van der Waals surface area contributed by atoms with E-state index in [9.17, 15) is 18.3 Å². The number of hydrogen-bond acceptors (Lipinski definition) is 7. The maximum atomic E-state index is 12.6. The fourth-order valence-corrected chi connectivity index (χ4v) is 5.26. The number of aromatic nitrogens is 1. The van der Waals surface area contributed by atoms with E-state index in [4.69, 9.17) is 4.74 Å². The summed E-state index contributed by atoms with van der Waals surface area (Å²) in [5, 5.41) is 9.19. The molecule has 1 unspecified atom stereocenters. The van der Waals surface area contributed by atoms with Gasteiger partial charge in [0.25, 0.3) is 0 Å². The number of fused-ring (bicyclic) bond motifs is 1. The molecule has 0 aliphatic heterocycles. The number of ether oxygens (including phenoxy) is 1. The van der Waals surface area contributed by atoms with Crippen LogP contribution in [0.3, 0.4) is 0 Å². The van der Waals surface area contributed by atoms with Gasteiger partial charge in [-0.05, 0) is 36.5 Å². The molecule has 0 saturated carbocycles. The molecule has 1 atom stereocenters. The molecule has 31 heavy (non-hydrogen) atoms. The first-order chi connectivity index (χ1) is 14.9. The van der Waals surface area contributed by atoms with Gasteiger partial charge >= 0.3 is 4.87 Å². The smallest absolute Gasteiger partial charge is 0.305 e. The number of nitrogens with one attached hydrogen (secondary N) is 3. The van der Waals surface area contributed by atoms with Gasteiger partial charge in [-0.15, -0.1) is 0 Å². The predicted molar refractivity (Wildman–Crippen MR) is 123 cm³/mol. The average molecular weight is 466 g/mol. The van der Waals surface area contributed by atoms with Crippen molar-refractivity contribution in [3.05, 3.63) is 63.3 Å². The Hall–Kier alpha value is -2.24. The molecule has 0 spiro atoms. The fraction of sp³-hybridized carbons (Fsp3) is 0.381. The standard InChI is InChI=1S/C21H27N3O5S2/c1-2-17(14-29-13-11-15-6-4-3-5-7-15)31(27,28)24-22-12-10-16-8-9-18(25)19-20(16)30-21(26)23-19/h3-9,17,22,24-25H,2,10-14H2,1H3,(H,23,26). The zero-order chi connectivity index (χ0) is 22.3. The van der Waals surface area contributed by atoms with Crippen LogP contribution in [-0.2, 0) is 27.6 Å². The molecule has 10 heteroatoms. The van der Waals surface area contributed by atoms with Gasteiger partial charge in [0, 0.05) is 6.54 Å². The van der Waals surface area contributed by atoms with Crippen LogP contribution >= 0.6 is 11.3 Å². The number of phenolic OH excluding ortho intramolecular Hbond substituents is 1. The maximum Gasteiger partial charge on any atom is 0.305 e. The second-order valence-electron chi connectivity index (χ2n) is 7.13. The summed E-state index contributed by atoms with van der Waals surface area (Å²) < 4.78 is 31.4. The van der Waals surface area contributed by atoms with E-state index < -0.39 is 15.3 Å². The lowest BCUT2D eigenvalue weighted by molar-refractivity contribution is 0.135. The van der Waals surface area contributed by atoms with Crippen LogP contribution in [0.5, 0.6) is 5.75 Å². The molecule has 0 saturated heterocycles. The first-order valence-electron chi connectivity index (χ1n) is 10.1. The zero-order valence-electron chi connectivity index (χ0n) is 17.3. The summed E-state index contributed by atoms with van der Waals surface area (Å²) in [6.45, 7) is 2.72. The molecule has 0 radical (unpaired) electrons. The van der Waals surface area contributed by atoms with Gasteiger partial charge < -0.3 is 14.8 Å². The molecular weight excluding hydrogens is 438 g/mol. The highest BCUT2D eigenvalue weighted by atomic mass is 32.2. The van der Waals surface area contributed by atoms with E-state index in [1.807, 2.05) is 37.3 Å². The third-order valence-corrected chi connectivity index (χ3v) is 7.68. The van der Waals surface area contributed by atoms with E-state index >= 15 is 0 Å². The summed E-state index contributed by atoms with van der Waals surface area (Å²) in [4.78, 5) is 16.4. The van der Waals surface area contributed by atoms with Gasteiger partial charge in [0.05, 0.1) is 23.2 Å². The first-order valence-corrected chi connectivity index (χ1v) is 12.5. The van der Waals surface area contributed by atoms with E-state index in [1.54, 1.807) is 6.07 Å². The van der Waals surface area contributed by atoms with Crippen LogP contribution in [0.15, 0.2) is 47.3 Å². The molecule has 1 heterocycles. The van der Waals surface area contributed by atoms with Gasteiger partial charge in [0.1, 0.15) is 11.3 Å². The van der Waals surface area contributed by atoms with Gasteiger partial charge in [0.15, 0.2) is 0 Å². The monoisotopic (exact) mass is 465 g/mol. The summed E-state index contributed by atoms with van der Waals surface area (Å²) in [5.74, 6) is 0.0174. The quantitative estimate of drug-likeness (QED) is 0.241. The second-order valence-corrected chi connectivity index (χ2v) is 10.1. The molecule has 3 aromatic rings. The molecule has 4 N–H and O–H groups in total. The van der Waals surface area contributed by atoms with E-state index in [0.717, 1.165) is 28.9 Å². The van der Waals surface area contributed by atoms with Gasteiger partial charge in [0.2, 0.25) is 10.0 Å². The number of sulfonamides is 1. The Morgan fingerprint density at radius 2 is 1.94 bits per heavy atom. The molecule has 0 amide bonds. The largest absolute Gasteiger partial charge is 0.506 e. The molecular formula is C21H27N3O5S2. The lowest BCUT2D eigenvalue weighted by Crippen LogP contribution is -2.45. The number of aromatic hydroxyl groups is 1. The first kappa shape index (κ1) is 23.4. The number of H-pyrrole nitrogens is 1. The highest BCUT2D eigenvalue weighted by molar-refractivity contribution is 7.90. The topological polar surface area (TPSA) is 121 Å². The summed E-state index contributed by atoms with van der Waals surface area (Å²) >= 11 is 1.02. The Bertz CT molecular complexity index is 1140. The van der Waals surface area contributed by atoms with Gasteiger partial charge in [-0.3, -0.25) is 4.79 Å². The highest BCUT2D eigenvalue weighted by Crippen LogP contribution is 2.27. The minimum absolute atomic E-state index is 0.0174. The number of thiazole rings is 1. The molecule has 168 valence electrons. The van der Waals surface area contributed by atoms with Crippen molar-refractivity contribution in [2.45, 2.75) is 31.4 Å². The number of hydrazine groups is 1. The molecule has 3 rings (SSSR count). The second kappa shape index (κ2) is 10.9. The summed E-state index contributed by atoms with van der Waals surface area (Å²) in [6, 6.07) is 13.1. The highest BCUT2D eigenvalue weighted by Gasteiger charge is 2.23. The van der Waals surface area contributed by atoms with Crippen molar-refractivity contribution in [3.63, 3.8) is 0 Å². The number of aromatic amines is 1. The molecule has 0 aliphatic rings. The minimum Gasteiger partial charge on any atom is -0.506 e. The van der Waals surface area contributed by atoms with Gasteiger partial charge in [-0.1, -0.05) is 54.7 Å². The number of rotatable bonds is 12. The van der Waals surface area contributed by atoms with Crippen LogP contribution in [0.1, 0.15) is 24.5 Å². The van der Waals surface area contributed by atoms with E-state index in [2.05, 4.69) is 15.2 Å². The third kappa shape index (κ3) is 6.37. The summed E-state index contributed by atoms with van der Waals surface area (Å²) in [6.07, 6.45) is 1.64. The van der Waals surface area contributed by atoms with Crippen molar-refractivity contribution >= 4 is 31.6 Å². The minimum atomic E-state index is -3.60. The Morgan fingerprint density at radius 1 is 1.16 bits per heavy atom. The van der Waals surface area contributed by atoms with Crippen molar-refractivity contribution < 1.29 is 18.3 Å². The van der Waals surface area contributed by atoms with E-state index in [1.165, 1.54) is 6.07 Å². The molecule has 0 bridgehead atoms. The maximum absolute atomic E-state index is 12.6. The molecule has 1 aromatic heterocycles. The molecule has 2 aromatic carbocycles. The Balaban J connectivity index is 1.46. The van der Waals surface area contributed by atoms with E-state index in [0.29, 0.717) is 36.2 Å². The van der Waals surface area contributed by atoms with Crippen molar-refractivity contribution in [2.24, 2.45) is 0 Å². The van der Waals surface area contributed by atoms with Crippen molar-refractivity contribution in [3.8, 4) is 5.75 Å². The average Bonchev–Trinajstić information content (AvgIpc) is 3.15. The Kier molecular flexibility index (Phi) is 8.22. The van der Waals surface area contributed by atoms with Crippen LogP contribution in [0, 0.1) is 0 Å². The fourth-order valence-electron chi connectivity index (χ4n) is 3.18. The van der Waals surface area contributed by atoms with Crippen molar-refractivity contribution in [2.75, 3.05) is 19.8 Å². The molecule has 0 aliphatic carbocycles. The van der Waals surface area contributed by atoms with Crippen LogP contribution in [0.2, 0.25) is 0 Å². The van der Waals surface area contributed by atoms with Gasteiger partial charge in [-0.2, -0.15) is 4.83 Å². The van der Waals surface area contributed by atoms with Crippen LogP contribution in [0.25, 0.3) is 10.2 Å². The summed E-state index contributed by atoms with van der Waals surface area (Å²) in [7, 11) is -3.60. The Morgan fingerprint density at radius 3 is 2.68 bits per heavy atom. The van der Waals surface area contributed by atoms with Crippen LogP contribution < -0.4 is 15.1 Å². The predicted octanol–water partition coefficient (Wildman–Crippen LogP) is 2.30. The Labute approximate surface area is 185 Å². The molecule has 0 fully saturated rings. The number of phenols is 1. The lowest BCUT2D eigenvalue weighted by atomic mass is 10.1. The number of hydrogen-bond donors (Lipinski definition) is 4.